The highest BCUT2D eigenvalue weighted by atomic mass is 19.1. The van der Waals surface area contributed by atoms with Crippen LogP contribution in [0, 0.1) is 17.6 Å². The van der Waals surface area contributed by atoms with Crippen molar-refractivity contribution >= 4 is 23.4 Å². The molecule has 24 heavy (non-hydrogen) atoms. The SMILES string of the molecule is CCN(CC(=O)Nc1c(F)cccc1F)C(=O)CNC(=O)C1CC1. The Morgan fingerprint density at radius 3 is 2.38 bits per heavy atom. The molecule has 0 radical (unpaired) electrons. The lowest BCUT2D eigenvalue weighted by molar-refractivity contribution is -0.135. The first kappa shape index (κ1) is 17.8. The third-order valence-electron chi connectivity index (χ3n) is 3.66. The van der Waals surface area contributed by atoms with Crippen LogP contribution in [0.3, 0.4) is 0 Å². The second-order valence-corrected chi connectivity index (χ2v) is 5.54. The Morgan fingerprint density at radius 2 is 1.83 bits per heavy atom. The van der Waals surface area contributed by atoms with Gasteiger partial charge in [-0.25, -0.2) is 8.78 Å². The average Bonchev–Trinajstić information content (AvgIpc) is 3.38. The van der Waals surface area contributed by atoms with Crippen molar-refractivity contribution in [1.29, 1.82) is 0 Å². The summed E-state index contributed by atoms with van der Waals surface area (Å²) >= 11 is 0. The van der Waals surface area contributed by atoms with Crippen LogP contribution in [0.2, 0.25) is 0 Å². The van der Waals surface area contributed by atoms with Crippen LogP contribution in [0.15, 0.2) is 18.2 Å². The number of nitrogens with zero attached hydrogens (tertiary/aromatic N) is 1. The van der Waals surface area contributed by atoms with Gasteiger partial charge in [-0.2, -0.15) is 0 Å². The van der Waals surface area contributed by atoms with E-state index in [2.05, 4.69) is 10.6 Å². The topological polar surface area (TPSA) is 78.5 Å². The molecule has 0 atom stereocenters. The zero-order valence-corrected chi connectivity index (χ0v) is 13.3. The summed E-state index contributed by atoms with van der Waals surface area (Å²) in [6, 6.07) is 3.23. The predicted octanol–water partition coefficient (Wildman–Crippen LogP) is 1.28. The van der Waals surface area contributed by atoms with Crippen molar-refractivity contribution in [2.75, 3.05) is 25.0 Å². The molecule has 0 unspecified atom stereocenters. The summed E-state index contributed by atoms with van der Waals surface area (Å²) in [5, 5.41) is 4.64. The number of hydrogen-bond acceptors (Lipinski definition) is 3. The van der Waals surface area contributed by atoms with Crippen LogP contribution in [-0.2, 0) is 14.4 Å². The van der Waals surface area contributed by atoms with E-state index in [0.717, 1.165) is 25.0 Å². The first-order valence-electron chi connectivity index (χ1n) is 7.71. The fourth-order valence-electron chi connectivity index (χ4n) is 2.11. The van der Waals surface area contributed by atoms with Gasteiger partial charge < -0.3 is 15.5 Å². The molecule has 1 fully saturated rings. The van der Waals surface area contributed by atoms with E-state index in [-0.39, 0.29) is 31.5 Å². The van der Waals surface area contributed by atoms with Crippen LogP contribution in [0.4, 0.5) is 14.5 Å². The van der Waals surface area contributed by atoms with Gasteiger partial charge in [0.05, 0.1) is 13.1 Å². The van der Waals surface area contributed by atoms with E-state index in [9.17, 15) is 23.2 Å². The molecular formula is C16H19F2N3O3. The Bertz CT molecular complexity index is 627. The number of rotatable bonds is 7. The number of nitrogens with one attached hydrogen (secondary N) is 2. The first-order valence-corrected chi connectivity index (χ1v) is 7.71. The monoisotopic (exact) mass is 339 g/mol. The van der Waals surface area contributed by atoms with E-state index in [1.807, 2.05) is 0 Å². The summed E-state index contributed by atoms with van der Waals surface area (Å²) in [6.07, 6.45) is 1.66. The molecule has 2 rings (SSSR count). The maximum atomic E-state index is 13.5. The highest BCUT2D eigenvalue weighted by Gasteiger charge is 2.30. The number of anilines is 1. The van der Waals surface area contributed by atoms with E-state index in [0.29, 0.717) is 0 Å². The minimum Gasteiger partial charge on any atom is -0.347 e. The number of hydrogen-bond donors (Lipinski definition) is 2. The second kappa shape index (κ2) is 7.85. The second-order valence-electron chi connectivity index (χ2n) is 5.54. The van der Waals surface area contributed by atoms with Crippen LogP contribution in [0.1, 0.15) is 19.8 Å². The molecule has 130 valence electrons. The zero-order chi connectivity index (χ0) is 17.7. The van der Waals surface area contributed by atoms with E-state index in [1.54, 1.807) is 6.92 Å². The lowest BCUT2D eigenvalue weighted by atomic mass is 10.3. The first-order chi connectivity index (χ1) is 11.4. The van der Waals surface area contributed by atoms with Gasteiger partial charge >= 0.3 is 0 Å². The molecule has 3 amide bonds. The third kappa shape index (κ3) is 4.74. The summed E-state index contributed by atoms with van der Waals surface area (Å²) in [5.74, 6) is -3.13. The summed E-state index contributed by atoms with van der Waals surface area (Å²) in [6.45, 7) is 1.33. The normalized spacial score (nSPS) is 13.3. The summed E-state index contributed by atoms with van der Waals surface area (Å²) < 4.78 is 27.0. The van der Waals surface area contributed by atoms with Crippen molar-refractivity contribution in [2.24, 2.45) is 5.92 Å². The summed E-state index contributed by atoms with van der Waals surface area (Å²) in [4.78, 5) is 36.7. The maximum absolute atomic E-state index is 13.5. The molecule has 0 saturated heterocycles. The molecule has 0 bridgehead atoms. The standard InChI is InChI=1S/C16H19F2N3O3/c1-2-21(14(23)8-19-16(24)10-6-7-10)9-13(22)20-15-11(17)4-3-5-12(15)18/h3-5,10H,2,6-9H2,1H3,(H,19,24)(H,20,22). The summed E-state index contributed by atoms with van der Waals surface area (Å²) in [5.41, 5.74) is -0.548. The van der Waals surface area contributed by atoms with Crippen LogP contribution < -0.4 is 10.6 Å². The van der Waals surface area contributed by atoms with Crippen LogP contribution in [0.25, 0.3) is 0 Å². The van der Waals surface area contributed by atoms with Crippen molar-refractivity contribution in [3.05, 3.63) is 29.8 Å². The Labute approximate surface area is 138 Å². The molecule has 8 heteroatoms. The molecule has 0 aliphatic heterocycles. The molecule has 0 aromatic heterocycles. The average molecular weight is 339 g/mol. The number of halogens is 2. The number of carbonyl (C=O) groups excluding carboxylic acids is 3. The molecule has 1 aliphatic carbocycles. The molecule has 0 spiro atoms. The maximum Gasteiger partial charge on any atom is 0.244 e. The smallest absolute Gasteiger partial charge is 0.244 e. The van der Waals surface area contributed by atoms with Crippen molar-refractivity contribution in [2.45, 2.75) is 19.8 Å². The van der Waals surface area contributed by atoms with Gasteiger partial charge in [-0.3, -0.25) is 14.4 Å². The van der Waals surface area contributed by atoms with Crippen molar-refractivity contribution < 1.29 is 23.2 Å². The van der Waals surface area contributed by atoms with E-state index in [1.165, 1.54) is 11.0 Å². The molecule has 1 saturated carbocycles. The lowest BCUT2D eigenvalue weighted by Gasteiger charge is -2.20. The fraction of sp³-hybridized carbons (Fsp3) is 0.438. The van der Waals surface area contributed by atoms with Crippen molar-refractivity contribution in [1.82, 2.24) is 10.2 Å². The van der Waals surface area contributed by atoms with E-state index < -0.39 is 29.1 Å². The van der Waals surface area contributed by atoms with E-state index in [4.69, 9.17) is 0 Å². The molecule has 1 aromatic rings. The van der Waals surface area contributed by atoms with E-state index >= 15 is 0 Å². The molecule has 6 nitrogen and oxygen atoms in total. The number of likely N-dealkylation sites (N-methyl/N-ethyl adjacent to an activating group) is 1. The van der Waals surface area contributed by atoms with Crippen LogP contribution in [0.5, 0.6) is 0 Å². The molecule has 1 aliphatic rings. The van der Waals surface area contributed by atoms with Crippen molar-refractivity contribution in [3.63, 3.8) is 0 Å². The zero-order valence-electron chi connectivity index (χ0n) is 13.3. The fourth-order valence-corrected chi connectivity index (χ4v) is 2.11. The van der Waals surface area contributed by atoms with Gasteiger partial charge in [0, 0.05) is 12.5 Å². The lowest BCUT2D eigenvalue weighted by Crippen LogP contribution is -2.44. The molecular weight excluding hydrogens is 320 g/mol. The highest BCUT2D eigenvalue weighted by Crippen LogP contribution is 2.28. The number of amides is 3. The van der Waals surface area contributed by atoms with Gasteiger partial charge in [0.1, 0.15) is 17.3 Å². The van der Waals surface area contributed by atoms with Crippen molar-refractivity contribution in [3.8, 4) is 0 Å². The number of carbonyl (C=O) groups is 3. The Hall–Kier alpha value is -2.51. The van der Waals surface area contributed by atoms with Gasteiger partial charge in [0.25, 0.3) is 0 Å². The van der Waals surface area contributed by atoms with Gasteiger partial charge in [0.2, 0.25) is 17.7 Å². The third-order valence-corrected chi connectivity index (χ3v) is 3.66. The minimum absolute atomic E-state index is 0.0137. The van der Waals surface area contributed by atoms with Gasteiger partial charge in [-0.1, -0.05) is 6.07 Å². The summed E-state index contributed by atoms with van der Waals surface area (Å²) in [7, 11) is 0. The van der Waals surface area contributed by atoms with Gasteiger partial charge in [0.15, 0.2) is 0 Å². The van der Waals surface area contributed by atoms with Gasteiger partial charge in [-0.15, -0.1) is 0 Å². The molecule has 2 N–H and O–H groups in total. The highest BCUT2D eigenvalue weighted by molar-refractivity contribution is 5.95. The van der Waals surface area contributed by atoms with Crippen LogP contribution in [-0.4, -0.2) is 42.3 Å². The quantitative estimate of drug-likeness (QED) is 0.785. The van der Waals surface area contributed by atoms with Crippen LogP contribution >= 0.6 is 0 Å². The molecule has 0 heterocycles. The number of para-hydroxylation sites is 1. The number of benzene rings is 1. The minimum atomic E-state index is -0.894. The Morgan fingerprint density at radius 1 is 1.21 bits per heavy atom. The molecule has 1 aromatic carbocycles. The Kier molecular flexibility index (Phi) is 5.83. The van der Waals surface area contributed by atoms with Gasteiger partial charge in [-0.05, 0) is 31.9 Å². The Balaban J connectivity index is 1.87. The predicted molar refractivity (Wildman–Crippen MR) is 83.0 cm³/mol. The largest absolute Gasteiger partial charge is 0.347 e.